The van der Waals surface area contributed by atoms with Crippen LogP contribution in [0.15, 0.2) is 24.3 Å². The highest BCUT2D eigenvalue weighted by molar-refractivity contribution is 5.89. The highest BCUT2D eigenvalue weighted by Gasteiger charge is 2.28. The Balaban J connectivity index is 2.35. The molecule has 1 saturated heterocycles. The fraction of sp³-hybridized carbons (Fsp3) is 0.706. The number of hydrogen-bond donors (Lipinski definition) is 0. The van der Waals surface area contributed by atoms with Gasteiger partial charge < -0.3 is 33.6 Å². The number of esters is 1. The molecule has 0 unspecified atom stereocenters. The van der Waals surface area contributed by atoms with Crippen molar-refractivity contribution in [3.05, 3.63) is 35.4 Å². The summed E-state index contributed by atoms with van der Waals surface area (Å²) in [4.78, 5) is 58.7. The van der Waals surface area contributed by atoms with Crippen LogP contribution < -0.4 is 0 Å². The third-order valence-electron chi connectivity index (χ3n) is 6.82. The molecule has 0 atom stereocenters. The summed E-state index contributed by atoms with van der Waals surface area (Å²) < 4.78 is 21.9. The second-order valence-electron chi connectivity index (χ2n) is 14.6. The molecular formula is C34H56N4O8. The first-order valence-electron chi connectivity index (χ1n) is 16.1. The number of carbonyl (C=O) groups is 4. The van der Waals surface area contributed by atoms with E-state index < -0.39 is 41.1 Å². The molecule has 260 valence electrons. The van der Waals surface area contributed by atoms with E-state index in [9.17, 15) is 19.2 Å². The number of methoxy groups -OCH3 is 1. The van der Waals surface area contributed by atoms with E-state index in [4.69, 9.17) is 18.9 Å². The molecule has 1 aromatic carbocycles. The van der Waals surface area contributed by atoms with Gasteiger partial charge in [0.1, 0.15) is 16.8 Å². The van der Waals surface area contributed by atoms with E-state index >= 15 is 0 Å². The zero-order valence-electron chi connectivity index (χ0n) is 29.6. The molecule has 46 heavy (non-hydrogen) atoms. The first-order valence-corrected chi connectivity index (χ1v) is 16.1. The average Bonchev–Trinajstić information content (AvgIpc) is 2.91. The van der Waals surface area contributed by atoms with Crippen molar-refractivity contribution in [3.8, 4) is 0 Å². The fourth-order valence-electron chi connectivity index (χ4n) is 4.70. The van der Waals surface area contributed by atoms with E-state index in [0.717, 1.165) is 5.56 Å². The van der Waals surface area contributed by atoms with Gasteiger partial charge in [-0.25, -0.2) is 19.2 Å². The van der Waals surface area contributed by atoms with Gasteiger partial charge in [-0.1, -0.05) is 12.1 Å². The zero-order chi connectivity index (χ0) is 34.7. The van der Waals surface area contributed by atoms with E-state index in [1.54, 1.807) is 26.8 Å². The van der Waals surface area contributed by atoms with E-state index in [0.29, 0.717) is 64.2 Å². The average molecular weight is 649 g/mol. The van der Waals surface area contributed by atoms with Gasteiger partial charge >= 0.3 is 24.2 Å². The van der Waals surface area contributed by atoms with Crippen LogP contribution >= 0.6 is 0 Å². The van der Waals surface area contributed by atoms with Crippen LogP contribution in [0.25, 0.3) is 0 Å². The van der Waals surface area contributed by atoms with Crippen molar-refractivity contribution in [1.29, 1.82) is 0 Å². The molecule has 1 aliphatic rings. The molecule has 0 N–H and O–H groups in total. The van der Waals surface area contributed by atoms with Crippen LogP contribution in [-0.4, -0.2) is 120 Å². The monoisotopic (exact) mass is 648 g/mol. The number of amides is 3. The van der Waals surface area contributed by atoms with Crippen LogP contribution in [0.4, 0.5) is 14.4 Å². The Labute approximate surface area is 275 Å². The number of rotatable bonds is 3. The Kier molecular flexibility index (Phi) is 14.2. The molecule has 1 heterocycles. The number of carbonyl (C=O) groups excluding carboxylic acids is 4. The second kappa shape index (κ2) is 16.9. The van der Waals surface area contributed by atoms with Crippen molar-refractivity contribution in [2.75, 3.05) is 59.5 Å². The van der Waals surface area contributed by atoms with Gasteiger partial charge in [0, 0.05) is 58.9 Å². The Morgan fingerprint density at radius 2 is 0.935 bits per heavy atom. The van der Waals surface area contributed by atoms with Crippen LogP contribution in [0.3, 0.4) is 0 Å². The summed E-state index contributed by atoms with van der Waals surface area (Å²) in [6, 6.07) is 7.25. The van der Waals surface area contributed by atoms with E-state index in [-0.39, 0.29) is 13.1 Å². The molecule has 0 bridgehead atoms. The molecule has 0 spiro atoms. The molecule has 1 aliphatic heterocycles. The molecule has 0 aromatic heterocycles. The summed E-state index contributed by atoms with van der Waals surface area (Å²) in [5.41, 5.74) is -0.557. The first-order chi connectivity index (χ1) is 21.3. The molecular weight excluding hydrogens is 592 g/mol. The summed E-state index contributed by atoms with van der Waals surface area (Å²) in [5, 5.41) is 0. The lowest BCUT2D eigenvalue weighted by atomic mass is 10.1. The summed E-state index contributed by atoms with van der Waals surface area (Å²) in [7, 11) is 1.35. The molecule has 0 radical (unpaired) electrons. The van der Waals surface area contributed by atoms with Gasteiger partial charge in [0.2, 0.25) is 0 Å². The molecule has 12 heteroatoms. The molecule has 12 nitrogen and oxygen atoms in total. The largest absolute Gasteiger partial charge is 0.465 e. The summed E-state index contributed by atoms with van der Waals surface area (Å²) in [6.45, 7) is 20.2. The minimum absolute atomic E-state index is 0.247. The van der Waals surface area contributed by atoms with Gasteiger partial charge in [-0.05, 0) is 92.9 Å². The topological polar surface area (TPSA) is 118 Å². The third-order valence-corrected chi connectivity index (χ3v) is 6.82. The van der Waals surface area contributed by atoms with E-state index in [2.05, 4.69) is 4.90 Å². The van der Waals surface area contributed by atoms with Crippen molar-refractivity contribution in [3.63, 3.8) is 0 Å². The van der Waals surface area contributed by atoms with Crippen molar-refractivity contribution in [1.82, 2.24) is 19.6 Å². The lowest BCUT2D eigenvalue weighted by molar-refractivity contribution is 0.0101. The third kappa shape index (κ3) is 14.7. The Bertz CT molecular complexity index is 1150. The van der Waals surface area contributed by atoms with Crippen molar-refractivity contribution in [2.45, 2.75) is 98.5 Å². The number of ether oxygens (including phenoxy) is 4. The van der Waals surface area contributed by atoms with Crippen molar-refractivity contribution >= 4 is 24.2 Å². The molecule has 3 amide bonds. The Hall–Kier alpha value is -3.54. The van der Waals surface area contributed by atoms with Crippen LogP contribution in [-0.2, 0) is 25.5 Å². The molecule has 2 rings (SSSR count). The minimum atomic E-state index is -0.688. The number of benzene rings is 1. The quantitative estimate of drug-likeness (QED) is 0.297. The summed E-state index contributed by atoms with van der Waals surface area (Å²) in [6.07, 6.45) is -0.221. The highest BCUT2D eigenvalue weighted by atomic mass is 16.6. The predicted octanol–water partition coefficient (Wildman–Crippen LogP) is 5.78. The maximum atomic E-state index is 13.3. The second-order valence-corrected chi connectivity index (χ2v) is 14.6. The lowest BCUT2D eigenvalue weighted by Crippen LogP contribution is -2.47. The van der Waals surface area contributed by atoms with Crippen LogP contribution in [0, 0.1) is 0 Å². The van der Waals surface area contributed by atoms with Crippen molar-refractivity contribution < 1.29 is 38.1 Å². The molecule has 1 fully saturated rings. The summed E-state index contributed by atoms with van der Waals surface area (Å²) >= 11 is 0. The Morgan fingerprint density at radius 1 is 0.565 bits per heavy atom. The molecule has 0 saturated carbocycles. The SMILES string of the molecule is COC(=O)c1ccc(CN2CCCN(C(=O)OC(C)(C)C)CCN(C(=O)OC(C)(C)C)CCCN(C(=O)OC(C)(C)C)CC2)cc1. The van der Waals surface area contributed by atoms with Crippen LogP contribution in [0.5, 0.6) is 0 Å². The van der Waals surface area contributed by atoms with Gasteiger partial charge in [0.15, 0.2) is 0 Å². The summed E-state index contributed by atoms with van der Waals surface area (Å²) in [5.74, 6) is -0.398. The number of nitrogens with zero attached hydrogens (tertiary/aromatic N) is 4. The highest BCUT2D eigenvalue weighted by Crippen LogP contribution is 2.16. The van der Waals surface area contributed by atoms with Crippen molar-refractivity contribution in [2.24, 2.45) is 0 Å². The van der Waals surface area contributed by atoms with Crippen LogP contribution in [0.1, 0.15) is 91.1 Å². The van der Waals surface area contributed by atoms with Gasteiger partial charge in [-0.15, -0.1) is 0 Å². The fourth-order valence-corrected chi connectivity index (χ4v) is 4.70. The standard InChI is InChI=1S/C34H56N4O8/c1-32(2,3)44-29(40)36-19-12-20-38(31(42)46-34(7,8)9)24-23-37(30(41)45-33(4,5)6)18-11-17-35(21-22-36)25-26-13-15-27(16-14-26)28(39)43-10/h13-16H,11-12,17-25H2,1-10H3. The van der Waals surface area contributed by atoms with E-state index in [1.165, 1.54) is 7.11 Å². The maximum absolute atomic E-state index is 13.3. The molecule has 1 aromatic rings. The first kappa shape index (κ1) is 38.6. The minimum Gasteiger partial charge on any atom is -0.465 e. The lowest BCUT2D eigenvalue weighted by Gasteiger charge is -2.34. The smallest absolute Gasteiger partial charge is 0.410 e. The van der Waals surface area contributed by atoms with Crippen LogP contribution in [0.2, 0.25) is 0 Å². The van der Waals surface area contributed by atoms with Gasteiger partial charge in [0.05, 0.1) is 12.7 Å². The molecule has 0 aliphatic carbocycles. The maximum Gasteiger partial charge on any atom is 0.410 e. The Morgan fingerprint density at radius 3 is 1.30 bits per heavy atom. The predicted molar refractivity (Wildman–Crippen MR) is 176 cm³/mol. The van der Waals surface area contributed by atoms with Gasteiger partial charge in [0.25, 0.3) is 0 Å². The van der Waals surface area contributed by atoms with E-state index in [1.807, 2.05) is 74.4 Å². The number of hydrogen-bond acceptors (Lipinski definition) is 9. The van der Waals surface area contributed by atoms with Gasteiger partial charge in [-0.3, -0.25) is 4.90 Å². The normalized spacial score (nSPS) is 16.7. The van der Waals surface area contributed by atoms with Gasteiger partial charge in [-0.2, -0.15) is 0 Å². The zero-order valence-corrected chi connectivity index (χ0v) is 29.6.